The molecule has 43 heavy (non-hydrogen) atoms. The number of carbonyl (C=O) groups is 2. The largest absolute Gasteiger partial charge is 0.461 e. The van der Waals surface area contributed by atoms with Crippen LogP contribution in [0.3, 0.4) is 0 Å². The number of hydrogen-bond donors (Lipinski definition) is 5. The predicted octanol–water partition coefficient (Wildman–Crippen LogP) is -0.0332. The van der Waals surface area contributed by atoms with Crippen molar-refractivity contribution in [2.45, 2.75) is 44.0 Å². The van der Waals surface area contributed by atoms with Gasteiger partial charge in [0.25, 0.3) is 5.91 Å². The molecule has 234 valence electrons. The van der Waals surface area contributed by atoms with E-state index in [1.165, 1.54) is 31.2 Å². The first-order chi connectivity index (χ1) is 20.5. The summed E-state index contributed by atoms with van der Waals surface area (Å²) >= 11 is 6.48. The van der Waals surface area contributed by atoms with Crippen LogP contribution in [0, 0.1) is 0 Å². The van der Waals surface area contributed by atoms with Crippen LogP contribution in [-0.4, -0.2) is 115 Å². The summed E-state index contributed by atoms with van der Waals surface area (Å²) in [6, 6.07) is 3.99. The minimum Gasteiger partial charge on any atom is -0.461 e. The lowest BCUT2D eigenvalue weighted by Crippen LogP contribution is -2.65. The first-order valence-electron chi connectivity index (χ1n) is 13.6. The fourth-order valence-corrected chi connectivity index (χ4v) is 4.88. The summed E-state index contributed by atoms with van der Waals surface area (Å²) in [4.78, 5) is 43.8. The van der Waals surface area contributed by atoms with Gasteiger partial charge in [-0.2, -0.15) is 0 Å². The van der Waals surface area contributed by atoms with E-state index in [4.69, 9.17) is 30.2 Å². The Morgan fingerprint density at radius 2 is 1.93 bits per heavy atom. The molecule has 1 aliphatic carbocycles. The van der Waals surface area contributed by atoms with Gasteiger partial charge >= 0.3 is 0 Å². The van der Waals surface area contributed by atoms with Gasteiger partial charge in [0.2, 0.25) is 12.2 Å². The van der Waals surface area contributed by atoms with E-state index in [0.717, 1.165) is 13.1 Å². The molecule has 0 saturated carbocycles. The molecule has 1 fully saturated rings. The van der Waals surface area contributed by atoms with Gasteiger partial charge in [-0.25, -0.2) is 4.98 Å². The van der Waals surface area contributed by atoms with E-state index in [1.54, 1.807) is 7.11 Å². The zero-order valence-electron chi connectivity index (χ0n) is 23.9. The van der Waals surface area contributed by atoms with Crippen molar-refractivity contribution in [3.05, 3.63) is 45.1 Å². The highest BCUT2D eigenvalue weighted by molar-refractivity contribution is 6.32. The minimum absolute atomic E-state index is 0.00594. The summed E-state index contributed by atoms with van der Waals surface area (Å²) in [5.41, 5.74) is 0.159. The number of halogens is 1. The zero-order chi connectivity index (χ0) is 31.3. The van der Waals surface area contributed by atoms with Crippen molar-refractivity contribution in [2.24, 2.45) is 0 Å². The van der Waals surface area contributed by atoms with Gasteiger partial charge in [-0.05, 0) is 26.1 Å². The van der Waals surface area contributed by atoms with Crippen molar-refractivity contribution in [3.8, 4) is 17.2 Å². The molecule has 3 aliphatic rings. The molecule has 0 spiro atoms. The van der Waals surface area contributed by atoms with Crippen LogP contribution < -0.4 is 20.8 Å². The van der Waals surface area contributed by atoms with E-state index < -0.39 is 54.5 Å². The maximum atomic E-state index is 13.0. The summed E-state index contributed by atoms with van der Waals surface area (Å²) < 4.78 is 22.5. The molecular weight excluding hydrogens is 588 g/mol. The molecule has 5 atom stereocenters. The average molecular weight is 623 g/mol. The number of aromatic nitrogens is 1. The molecule has 2 heterocycles. The Labute approximate surface area is 251 Å². The number of methoxy groups -OCH3 is 1. The Kier molecular flexibility index (Phi) is 10.9. The minimum atomic E-state index is -1.52. The van der Waals surface area contributed by atoms with Gasteiger partial charge in [0.15, 0.2) is 16.8 Å². The second kappa shape index (κ2) is 14.4. The summed E-state index contributed by atoms with van der Waals surface area (Å²) in [6.45, 7) is 3.08. The van der Waals surface area contributed by atoms with Crippen molar-refractivity contribution in [2.75, 3.05) is 47.0 Å². The summed E-state index contributed by atoms with van der Waals surface area (Å²) in [6.07, 6.45) is -4.88. The van der Waals surface area contributed by atoms with Crippen molar-refractivity contribution < 1.29 is 43.5 Å². The van der Waals surface area contributed by atoms with Crippen LogP contribution in [0.2, 0.25) is 5.02 Å². The zero-order valence-corrected chi connectivity index (χ0v) is 24.7. The number of aliphatic hydroxyl groups is 3. The molecule has 2 aliphatic heterocycles. The number of nitrogens with zero attached hydrogens (tertiary/aromatic N) is 2. The number of amides is 2. The van der Waals surface area contributed by atoms with E-state index in [2.05, 4.69) is 20.5 Å². The standard InChI is InChI=1S/C28H35ClN4O10/c1-14(35)31-24-26(38)25(37)22(13-34)43-28(24)42-19-12-20-18(11-17(19)29)32-23-16(9-15(36)10-21(23)41-20)27(39)30-5-4-6-33(2)7-8-40-3/h9-12,22,24-26,28,34,37-38H,4-8,13H2,1-3H3,(H,30,39)(H,31,35)/t22?,24?,25-,26+,28+/m0/s1. The molecule has 1 aromatic rings. The highest BCUT2D eigenvalue weighted by Gasteiger charge is 2.46. The molecule has 0 bridgehead atoms. The second-order valence-electron chi connectivity index (χ2n) is 10.2. The number of hydrogen-bond acceptors (Lipinski definition) is 12. The summed E-state index contributed by atoms with van der Waals surface area (Å²) in [7, 11) is 3.59. The number of carbonyl (C=O) groups excluding carboxylic acids is 2. The van der Waals surface area contributed by atoms with Gasteiger partial charge < -0.3 is 49.5 Å². The monoisotopic (exact) mass is 622 g/mol. The molecule has 1 aromatic carbocycles. The van der Waals surface area contributed by atoms with Gasteiger partial charge in [0, 0.05) is 45.3 Å². The van der Waals surface area contributed by atoms with Crippen LogP contribution in [-0.2, 0) is 14.3 Å². The molecule has 2 unspecified atom stereocenters. The Morgan fingerprint density at radius 1 is 1.16 bits per heavy atom. The molecule has 15 heteroatoms. The predicted molar refractivity (Wildman–Crippen MR) is 154 cm³/mol. The van der Waals surface area contributed by atoms with Crippen molar-refractivity contribution in [1.82, 2.24) is 20.5 Å². The van der Waals surface area contributed by atoms with Gasteiger partial charge in [-0.1, -0.05) is 11.6 Å². The smallest absolute Gasteiger partial charge is 0.253 e. The van der Waals surface area contributed by atoms with E-state index in [9.17, 15) is 29.7 Å². The molecule has 14 nitrogen and oxygen atoms in total. The van der Waals surface area contributed by atoms with Crippen LogP contribution in [0.1, 0.15) is 23.7 Å². The topological polar surface area (TPSA) is 193 Å². The van der Waals surface area contributed by atoms with Crippen LogP contribution in [0.15, 0.2) is 33.5 Å². The lowest BCUT2D eigenvalue weighted by Gasteiger charge is -2.42. The number of fused-ring (bicyclic) bond motifs is 2. The highest BCUT2D eigenvalue weighted by Crippen LogP contribution is 2.35. The molecule has 5 N–H and O–H groups in total. The third-order valence-electron chi connectivity index (χ3n) is 6.93. The maximum Gasteiger partial charge on any atom is 0.253 e. The number of nitrogens with one attached hydrogen (secondary N) is 2. The van der Waals surface area contributed by atoms with E-state index in [1.807, 2.05) is 7.05 Å². The molecule has 2 amide bonds. The number of rotatable bonds is 12. The first-order valence-corrected chi connectivity index (χ1v) is 14.0. The Balaban J connectivity index is 1.58. The number of ether oxygens (including phenoxy) is 3. The van der Waals surface area contributed by atoms with Gasteiger partial charge in [0.1, 0.15) is 41.3 Å². The molecule has 1 saturated heterocycles. The fraction of sp³-hybridized carbons (Fsp3) is 0.500. The third-order valence-corrected chi connectivity index (χ3v) is 7.23. The lowest BCUT2D eigenvalue weighted by molar-refractivity contribution is -0.244. The van der Waals surface area contributed by atoms with Crippen LogP contribution in [0.5, 0.6) is 5.75 Å². The number of aliphatic hydroxyl groups excluding tert-OH is 3. The van der Waals surface area contributed by atoms with Crippen LogP contribution >= 0.6 is 11.6 Å². The molecule has 0 aromatic heterocycles. The molecule has 0 radical (unpaired) electrons. The van der Waals surface area contributed by atoms with Crippen molar-refractivity contribution in [1.29, 1.82) is 0 Å². The van der Waals surface area contributed by atoms with Crippen molar-refractivity contribution >= 4 is 34.5 Å². The molecular formula is C28H35ClN4O10. The van der Waals surface area contributed by atoms with Gasteiger partial charge in [0.05, 0.1) is 23.8 Å². The summed E-state index contributed by atoms with van der Waals surface area (Å²) in [5.74, 6) is -0.935. The normalized spacial score (nSPS) is 22.2. The Bertz CT molecular complexity index is 1470. The SMILES string of the molecule is COCCN(C)CCCNC(=O)c1cc(=O)cc2oc3cc(O[C@@H]4OC(CO)[C@H](O)[C@H](O)C4NC(C)=O)c(Cl)cc3nc1-2. The quantitative estimate of drug-likeness (QED) is 0.134. The second-order valence-corrected chi connectivity index (χ2v) is 10.6. The summed E-state index contributed by atoms with van der Waals surface area (Å²) in [5, 5.41) is 35.7. The van der Waals surface area contributed by atoms with Crippen LogP contribution in [0.25, 0.3) is 22.6 Å². The maximum absolute atomic E-state index is 13.0. The number of likely N-dealkylation sites (N-methyl/N-ethyl adjacent to an activating group) is 1. The van der Waals surface area contributed by atoms with Crippen molar-refractivity contribution in [3.63, 3.8) is 0 Å². The van der Waals surface area contributed by atoms with Gasteiger partial charge in [-0.15, -0.1) is 0 Å². The lowest BCUT2D eigenvalue weighted by atomic mass is 9.97. The first kappa shape index (κ1) is 32.5. The highest BCUT2D eigenvalue weighted by atomic mass is 35.5. The van der Waals surface area contributed by atoms with E-state index in [-0.39, 0.29) is 38.9 Å². The fourth-order valence-electron chi connectivity index (χ4n) is 4.67. The van der Waals surface area contributed by atoms with Gasteiger partial charge in [-0.3, -0.25) is 14.4 Å². The van der Waals surface area contributed by atoms with E-state index >= 15 is 0 Å². The Hall–Kier alpha value is -3.37. The van der Waals surface area contributed by atoms with Crippen LogP contribution in [0.4, 0.5) is 0 Å². The Morgan fingerprint density at radius 3 is 2.63 bits per heavy atom. The molecule has 4 rings (SSSR count). The average Bonchev–Trinajstić information content (AvgIpc) is 2.96. The third kappa shape index (κ3) is 7.78. The number of benzene rings is 2. The van der Waals surface area contributed by atoms with E-state index in [0.29, 0.717) is 19.6 Å².